The van der Waals surface area contributed by atoms with E-state index in [1.54, 1.807) is 0 Å². The van der Waals surface area contributed by atoms with Crippen LogP contribution in [-0.2, 0) is 0 Å². The summed E-state index contributed by atoms with van der Waals surface area (Å²) in [6.45, 7) is 8.04. The highest BCUT2D eigenvalue weighted by atomic mass is 16.5. The molecule has 1 saturated heterocycles. The van der Waals surface area contributed by atoms with Crippen molar-refractivity contribution < 1.29 is 9.32 Å². The van der Waals surface area contributed by atoms with Crippen molar-refractivity contribution in [1.82, 2.24) is 15.0 Å². The summed E-state index contributed by atoms with van der Waals surface area (Å²) in [5, 5.41) is 4.70. The molecule has 118 valence electrons. The molecule has 0 bridgehead atoms. The molecule has 0 spiro atoms. The fourth-order valence-corrected chi connectivity index (χ4v) is 2.96. The van der Waals surface area contributed by atoms with Crippen LogP contribution in [0, 0.1) is 12.8 Å². The van der Waals surface area contributed by atoms with Gasteiger partial charge in [-0.05, 0) is 37.8 Å². The molecule has 2 N–H and O–H groups in total. The van der Waals surface area contributed by atoms with Gasteiger partial charge < -0.3 is 15.2 Å². The SMILES string of the molecule is Cc1noc2nc(C(C)C)cc(C(=O)N3CCC(CN)C3)c12. The molecule has 6 nitrogen and oxygen atoms in total. The van der Waals surface area contributed by atoms with Gasteiger partial charge in [0, 0.05) is 18.8 Å². The highest BCUT2D eigenvalue weighted by molar-refractivity contribution is 6.06. The smallest absolute Gasteiger partial charge is 0.259 e. The van der Waals surface area contributed by atoms with Crippen LogP contribution in [0.3, 0.4) is 0 Å². The van der Waals surface area contributed by atoms with Gasteiger partial charge in [-0.1, -0.05) is 19.0 Å². The number of nitrogens with zero attached hydrogens (tertiary/aromatic N) is 3. The highest BCUT2D eigenvalue weighted by Crippen LogP contribution is 2.27. The minimum absolute atomic E-state index is 0.0246. The second-order valence-electron chi connectivity index (χ2n) is 6.34. The minimum atomic E-state index is 0.0246. The molecule has 3 heterocycles. The fourth-order valence-electron chi connectivity index (χ4n) is 2.96. The lowest BCUT2D eigenvalue weighted by Crippen LogP contribution is -2.30. The number of nitrogens with two attached hydrogens (primary N) is 1. The van der Waals surface area contributed by atoms with Crippen molar-refractivity contribution in [1.29, 1.82) is 0 Å². The summed E-state index contributed by atoms with van der Waals surface area (Å²) in [7, 11) is 0. The molecule has 1 fully saturated rings. The lowest BCUT2D eigenvalue weighted by molar-refractivity contribution is 0.0789. The standard InChI is InChI=1S/C16H22N4O2/c1-9(2)13-6-12(14-10(3)19-22-15(14)18-13)16(21)20-5-4-11(7-17)8-20/h6,9,11H,4-5,7-8,17H2,1-3H3. The lowest BCUT2D eigenvalue weighted by Gasteiger charge is -2.17. The summed E-state index contributed by atoms with van der Waals surface area (Å²) in [6.07, 6.45) is 0.968. The average Bonchev–Trinajstić information content (AvgIpc) is 3.12. The number of amides is 1. The van der Waals surface area contributed by atoms with E-state index in [4.69, 9.17) is 10.3 Å². The molecule has 0 aromatic carbocycles. The monoisotopic (exact) mass is 302 g/mol. The van der Waals surface area contributed by atoms with E-state index < -0.39 is 0 Å². The van der Waals surface area contributed by atoms with Gasteiger partial charge in [-0.25, -0.2) is 4.98 Å². The third kappa shape index (κ3) is 2.47. The van der Waals surface area contributed by atoms with E-state index in [0.717, 1.165) is 30.6 Å². The largest absolute Gasteiger partial charge is 0.338 e. The number of carbonyl (C=O) groups excluding carboxylic acids is 1. The maximum atomic E-state index is 12.9. The maximum absolute atomic E-state index is 12.9. The highest BCUT2D eigenvalue weighted by Gasteiger charge is 2.29. The molecule has 2 aromatic rings. The number of carbonyl (C=O) groups is 1. The van der Waals surface area contributed by atoms with Gasteiger partial charge in [-0.3, -0.25) is 4.79 Å². The zero-order valence-corrected chi connectivity index (χ0v) is 13.3. The molecule has 6 heteroatoms. The second-order valence-corrected chi connectivity index (χ2v) is 6.34. The Morgan fingerprint density at radius 2 is 2.32 bits per heavy atom. The van der Waals surface area contributed by atoms with Crippen molar-refractivity contribution in [2.75, 3.05) is 19.6 Å². The fraction of sp³-hybridized carbons (Fsp3) is 0.562. The van der Waals surface area contributed by atoms with E-state index in [1.807, 2.05) is 31.7 Å². The molecular weight excluding hydrogens is 280 g/mol. The van der Waals surface area contributed by atoms with Gasteiger partial charge in [0.25, 0.3) is 11.6 Å². The average molecular weight is 302 g/mol. The van der Waals surface area contributed by atoms with E-state index in [0.29, 0.717) is 29.4 Å². The van der Waals surface area contributed by atoms with Crippen LogP contribution in [0.5, 0.6) is 0 Å². The number of hydrogen-bond donors (Lipinski definition) is 1. The Morgan fingerprint density at radius 3 is 2.95 bits per heavy atom. The number of likely N-dealkylation sites (tertiary alicyclic amines) is 1. The predicted molar refractivity (Wildman–Crippen MR) is 83.7 cm³/mol. The van der Waals surface area contributed by atoms with Gasteiger partial charge in [-0.15, -0.1) is 0 Å². The van der Waals surface area contributed by atoms with Crippen LogP contribution in [0.4, 0.5) is 0 Å². The summed E-state index contributed by atoms with van der Waals surface area (Å²) in [4.78, 5) is 19.3. The second kappa shape index (κ2) is 5.68. The summed E-state index contributed by atoms with van der Waals surface area (Å²) >= 11 is 0. The van der Waals surface area contributed by atoms with E-state index in [-0.39, 0.29) is 11.8 Å². The molecule has 22 heavy (non-hydrogen) atoms. The molecule has 3 rings (SSSR count). The van der Waals surface area contributed by atoms with Crippen molar-refractivity contribution in [2.24, 2.45) is 11.7 Å². The Kier molecular flexibility index (Phi) is 3.87. The summed E-state index contributed by atoms with van der Waals surface area (Å²) < 4.78 is 5.28. The van der Waals surface area contributed by atoms with Crippen LogP contribution in [-0.4, -0.2) is 40.6 Å². The van der Waals surface area contributed by atoms with Gasteiger partial charge in [0.15, 0.2) is 0 Å². The first-order chi connectivity index (χ1) is 10.5. The summed E-state index contributed by atoms with van der Waals surface area (Å²) in [6, 6.07) is 1.88. The van der Waals surface area contributed by atoms with Gasteiger partial charge >= 0.3 is 0 Å². The third-order valence-electron chi connectivity index (χ3n) is 4.37. The molecule has 0 saturated carbocycles. The van der Waals surface area contributed by atoms with Crippen molar-refractivity contribution in [2.45, 2.75) is 33.1 Å². The molecule has 1 aliphatic heterocycles. The minimum Gasteiger partial charge on any atom is -0.338 e. The zero-order chi connectivity index (χ0) is 15.9. The molecule has 0 radical (unpaired) electrons. The first-order valence-corrected chi connectivity index (χ1v) is 7.77. The zero-order valence-electron chi connectivity index (χ0n) is 13.3. The Labute approximate surface area is 129 Å². The number of rotatable bonds is 3. The molecular formula is C16H22N4O2. The third-order valence-corrected chi connectivity index (χ3v) is 4.37. The maximum Gasteiger partial charge on any atom is 0.259 e. The van der Waals surface area contributed by atoms with Crippen LogP contribution in [0.1, 0.15) is 47.9 Å². The molecule has 0 aliphatic carbocycles. The molecule has 1 atom stereocenters. The van der Waals surface area contributed by atoms with Gasteiger partial charge in [-0.2, -0.15) is 0 Å². The number of fused-ring (bicyclic) bond motifs is 1. The van der Waals surface area contributed by atoms with E-state index >= 15 is 0 Å². The Bertz CT molecular complexity index is 707. The normalized spacial score (nSPS) is 18.6. The topological polar surface area (TPSA) is 85.2 Å². The predicted octanol–water partition coefficient (Wildman–Crippen LogP) is 2.08. The number of aryl methyl sites for hydroxylation is 1. The lowest BCUT2D eigenvalue weighted by atomic mass is 10.0. The number of hydrogen-bond acceptors (Lipinski definition) is 5. The summed E-state index contributed by atoms with van der Waals surface area (Å²) in [5.74, 6) is 0.641. The van der Waals surface area contributed by atoms with E-state index in [1.165, 1.54) is 0 Å². The van der Waals surface area contributed by atoms with Crippen molar-refractivity contribution in [3.8, 4) is 0 Å². The molecule has 1 amide bonds. The molecule has 2 aromatic heterocycles. The Hall–Kier alpha value is -1.95. The Balaban J connectivity index is 2.05. The van der Waals surface area contributed by atoms with Gasteiger partial charge in [0.2, 0.25) is 0 Å². The number of pyridine rings is 1. The van der Waals surface area contributed by atoms with E-state index in [2.05, 4.69) is 10.1 Å². The number of aromatic nitrogens is 2. The van der Waals surface area contributed by atoms with E-state index in [9.17, 15) is 4.79 Å². The van der Waals surface area contributed by atoms with Crippen LogP contribution in [0.15, 0.2) is 10.6 Å². The van der Waals surface area contributed by atoms with Crippen molar-refractivity contribution >= 4 is 17.0 Å². The van der Waals surface area contributed by atoms with Crippen LogP contribution in [0.25, 0.3) is 11.1 Å². The van der Waals surface area contributed by atoms with Gasteiger partial charge in [0.05, 0.1) is 16.6 Å². The first-order valence-electron chi connectivity index (χ1n) is 7.77. The van der Waals surface area contributed by atoms with Crippen molar-refractivity contribution in [3.63, 3.8) is 0 Å². The first kappa shape index (κ1) is 15.0. The molecule has 1 aliphatic rings. The summed E-state index contributed by atoms with van der Waals surface area (Å²) in [5.41, 5.74) is 8.37. The van der Waals surface area contributed by atoms with Crippen LogP contribution in [0.2, 0.25) is 0 Å². The molecule has 1 unspecified atom stereocenters. The Morgan fingerprint density at radius 1 is 1.55 bits per heavy atom. The van der Waals surface area contributed by atoms with Crippen LogP contribution >= 0.6 is 0 Å². The van der Waals surface area contributed by atoms with Crippen molar-refractivity contribution in [3.05, 3.63) is 23.0 Å². The van der Waals surface area contributed by atoms with Gasteiger partial charge in [0.1, 0.15) is 0 Å². The quantitative estimate of drug-likeness (QED) is 0.938. The van der Waals surface area contributed by atoms with Crippen LogP contribution < -0.4 is 5.73 Å².